The van der Waals surface area contributed by atoms with E-state index >= 15 is 0 Å². The molecule has 2 rings (SSSR count). The summed E-state index contributed by atoms with van der Waals surface area (Å²) in [5.74, 6) is 0. The standard InChI is InChI=1S/C11H11IN2O/c12-10-8-13-14(6-7-15)11(10)9-4-2-1-3-5-9/h1-5,8,15H,6-7H2. The van der Waals surface area contributed by atoms with Crippen LogP contribution in [-0.2, 0) is 6.54 Å². The van der Waals surface area contributed by atoms with E-state index in [2.05, 4.69) is 27.7 Å². The van der Waals surface area contributed by atoms with Gasteiger partial charge in [0.2, 0.25) is 0 Å². The lowest BCUT2D eigenvalue weighted by molar-refractivity contribution is 0.270. The average molecular weight is 314 g/mol. The summed E-state index contributed by atoms with van der Waals surface area (Å²) in [4.78, 5) is 0. The van der Waals surface area contributed by atoms with Crippen molar-refractivity contribution in [3.8, 4) is 11.3 Å². The lowest BCUT2D eigenvalue weighted by atomic mass is 10.1. The van der Waals surface area contributed by atoms with E-state index in [-0.39, 0.29) is 6.61 Å². The molecule has 0 aliphatic rings. The second kappa shape index (κ2) is 4.76. The van der Waals surface area contributed by atoms with E-state index in [1.807, 2.05) is 41.2 Å². The molecule has 3 nitrogen and oxygen atoms in total. The number of aromatic nitrogens is 2. The maximum atomic E-state index is 8.94. The van der Waals surface area contributed by atoms with Crippen LogP contribution in [0, 0.1) is 3.57 Å². The van der Waals surface area contributed by atoms with Gasteiger partial charge >= 0.3 is 0 Å². The molecule has 1 N–H and O–H groups in total. The second-order valence-electron chi connectivity index (χ2n) is 3.15. The van der Waals surface area contributed by atoms with Crippen LogP contribution in [0.4, 0.5) is 0 Å². The second-order valence-corrected chi connectivity index (χ2v) is 4.32. The lowest BCUT2D eigenvalue weighted by Gasteiger charge is -2.06. The number of nitrogens with zero attached hydrogens (tertiary/aromatic N) is 2. The van der Waals surface area contributed by atoms with Crippen LogP contribution in [0.5, 0.6) is 0 Å². The van der Waals surface area contributed by atoms with Crippen molar-refractivity contribution in [1.29, 1.82) is 0 Å². The number of hydrogen-bond acceptors (Lipinski definition) is 2. The monoisotopic (exact) mass is 314 g/mol. The van der Waals surface area contributed by atoms with E-state index in [0.717, 1.165) is 14.8 Å². The molecule has 0 amide bonds. The van der Waals surface area contributed by atoms with Crippen LogP contribution in [0.3, 0.4) is 0 Å². The maximum absolute atomic E-state index is 8.94. The summed E-state index contributed by atoms with van der Waals surface area (Å²) in [6.07, 6.45) is 1.82. The van der Waals surface area contributed by atoms with Crippen LogP contribution in [-0.4, -0.2) is 21.5 Å². The molecular weight excluding hydrogens is 303 g/mol. The van der Waals surface area contributed by atoms with Gasteiger partial charge in [-0.25, -0.2) is 0 Å². The summed E-state index contributed by atoms with van der Waals surface area (Å²) in [5, 5.41) is 13.2. The number of rotatable bonds is 3. The Hall–Kier alpha value is -0.880. The maximum Gasteiger partial charge on any atom is 0.0816 e. The van der Waals surface area contributed by atoms with Gasteiger partial charge in [-0.15, -0.1) is 0 Å². The minimum absolute atomic E-state index is 0.109. The zero-order valence-electron chi connectivity index (χ0n) is 8.10. The molecule has 0 fully saturated rings. The molecule has 0 aliphatic carbocycles. The van der Waals surface area contributed by atoms with Crippen LogP contribution >= 0.6 is 22.6 Å². The van der Waals surface area contributed by atoms with Crippen molar-refractivity contribution in [1.82, 2.24) is 9.78 Å². The van der Waals surface area contributed by atoms with Crippen molar-refractivity contribution in [3.05, 3.63) is 40.1 Å². The fraction of sp³-hybridized carbons (Fsp3) is 0.182. The van der Waals surface area contributed by atoms with E-state index < -0.39 is 0 Å². The Morgan fingerprint density at radius 1 is 1.27 bits per heavy atom. The van der Waals surface area contributed by atoms with Crippen molar-refractivity contribution < 1.29 is 5.11 Å². The van der Waals surface area contributed by atoms with Gasteiger partial charge in [0.1, 0.15) is 0 Å². The molecule has 0 bridgehead atoms. The molecule has 15 heavy (non-hydrogen) atoms. The summed E-state index contributed by atoms with van der Waals surface area (Å²) in [6, 6.07) is 10.1. The van der Waals surface area contributed by atoms with Crippen molar-refractivity contribution in [3.63, 3.8) is 0 Å². The van der Waals surface area contributed by atoms with E-state index in [1.54, 1.807) is 0 Å². The highest BCUT2D eigenvalue weighted by molar-refractivity contribution is 14.1. The number of aliphatic hydroxyl groups is 1. The minimum atomic E-state index is 0.109. The fourth-order valence-electron chi connectivity index (χ4n) is 1.51. The molecule has 1 aromatic heterocycles. The van der Waals surface area contributed by atoms with Gasteiger partial charge in [0.05, 0.1) is 28.6 Å². The lowest BCUT2D eigenvalue weighted by Crippen LogP contribution is -2.05. The summed E-state index contributed by atoms with van der Waals surface area (Å²) >= 11 is 2.26. The predicted octanol–water partition coefficient (Wildman–Crippen LogP) is 2.15. The number of benzene rings is 1. The predicted molar refractivity (Wildman–Crippen MR) is 67.5 cm³/mol. The van der Waals surface area contributed by atoms with Gasteiger partial charge in [-0.1, -0.05) is 30.3 Å². The number of aliphatic hydroxyl groups excluding tert-OH is 1. The Bertz CT molecular complexity index is 439. The summed E-state index contributed by atoms with van der Waals surface area (Å²) in [7, 11) is 0. The van der Waals surface area contributed by atoms with Crippen molar-refractivity contribution >= 4 is 22.6 Å². The Morgan fingerprint density at radius 2 is 2.00 bits per heavy atom. The molecule has 78 valence electrons. The Balaban J connectivity index is 2.47. The van der Waals surface area contributed by atoms with Gasteiger partial charge in [-0.2, -0.15) is 5.10 Å². The van der Waals surface area contributed by atoms with Crippen LogP contribution in [0.25, 0.3) is 11.3 Å². The average Bonchev–Trinajstić information content (AvgIpc) is 2.62. The van der Waals surface area contributed by atoms with Gasteiger partial charge < -0.3 is 5.11 Å². The first-order chi connectivity index (χ1) is 7.33. The summed E-state index contributed by atoms with van der Waals surface area (Å²) < 4.78 is 2.93. The molecule has 0 aliphatic heterocycles. The summed E-state index contributed by atoms with van der Waals surface area (Å²) in [5.41, 5.74) is 2.21. The number of hydrogen-bond donors (Lipinski definition) is 1. The van der Waals surface area contributed by atoms with Crippen molar-refractivity contribution in [2.45, 2.75) is 6.54 Å². The van der Waals surface area contributed by atoms with Crippen molar-refractivity contribution in [2.75, 3.05) is 6.61 Å². The third kappa shape index (κ3) is 2.21. The van der Waals surface area contributed by atoms with Gasteiger partial charge in [0.25, 0.3) is 0 Å². The van der Waals surface area contributed by atoms with E-state index in [0.29, 0.717) is 6.54 Å². The van der Waals surface area contributed by atoms with Crippen LogP contribution in [0.2, 0.25) is 0 Å². The highest BCUT2D eigenvalue weighted by Crippen LogP contribution is 2.24. The van der Waals surface area contributed by atoms with Gasteiger partial charge in [-0.3, -0.25) is 4.68 Å². The molecule has 4 heteroatoms. The zero-order chi connectivity index (χ0) is 10.7. The molecule has 0 saturated heterocycles. The van der Waals surface area contributed by atoms with E-state index in [9.17, 15) is 0 Å². The van der Waals surface area contributed by atoms with Crippen molar-refractivity contribution in [2.24, 2.45) is 0 Å². The fourth-order valence-corrected chi connectivity index (χ4v) is 2.22. The first kappa shape index (κ1) is 10.6. The molecular formula is C11H11IN2O. The topological polar surface area (TPSA) is 38.0 Å². The van der Waals surface area contributed by atoms with Gasteiger partial charge in [0, 0.05) is 5.56 Å². The Labute approximate surface area is 102 Å². The normalized spacial score (nSPS) is 10.5. The van der Waals surface area contributed by atoms with Crippen LogP contribution < -0.4 is 0 Å². The molecule has 0 spiro atoms. The first-order valence-corrected chi connectivity index (χ1v) is 5.78. The Kier molecular flexibility index (Phi) is 3.37. The third-order valence-corrected chi connectivity index (χ3v) is 2.94. The molecule has 1 aromatic carbocycles. The minimum Gasteiger partial charge on any atom is -0.394 e. The molecule has 2 aromatic rings. The highest BCUT2D eigenvalue weighted by Gasteiger charge is 2.09. The van der Waals surface area contributed by atoms with Gasteiger partial charge in [-0.05, 0) is 22.6 Å². The highest BCUT2D eigenvalue weighted by atomic mass is 127. The quantitative estimate of drug-likeness (QED) is 0.882. The van der Waals surface area contributed by atoms with E-state index in [1.165, 1.54) is 0 Å². The zero-order valence-corrected chi connectivity index (χ0v) is 10.3. The molecule has 0 unspecified atom stereocenters. The molecule has 0 atom stereocenters. The largest absolute Gasteiger partial charge is 0.394 e. The Morgan fingerprint density at radius 3 is 2.67 bits per heavy atom. The summed E-state index contributed by atoms with van der Waals surface area (Å²) in [6.45, 7) is 0.644. The van der Waals surface area contributed by atoms with Crippen LogP contribution in [0.1, 0.15) is 0 Å². The molecule has 0 radical (unpaired) electrons. The molecule has 1 heterocycles. The third-order valence-electron chi connectivity index (χ3n) is 2.15. The number of halogens is 1. The van der Waals surface area contributed by atoms with Crippen LogP contribution in [0.15, 0.2) is 36.5 Å². The van der Waals surface area contributed by atoms with Gasteiger partial charge in [0.15, 0.2) is 0 Å². The first-order valence-electron chi connectivity index (χ1n) is 4.70. The smallest absolute Gasteiger partial charge is 0.0816 e. The SMILES string of the molecule is OCCn1ncc(I)c1-c1ccccc1. The van der Waals surface area contributed by atoms with E-state index in [4.69, 9.17) is 5.11 Å². The molecule has 0 saturated carbocycles.